The van der Waals surface area contributed by atoms with Crippen molar-refractivity contribution in [1.82, 2.24) is 26.0 Å². The van der Waals surface area contributed by atoms with Gasteiger partial charge >= 0.3 is 0 Å². The van der Waals surface area contributed by atoms with E-state index in [0.717, 1.165) is 0 Å². The van der Waals surface area contributed by atoms with Crippen molar-refractivity contribution in [3.63, 3.8) is 0 Å². The zero-order valence-corrected chi connectivity index (χ0v) is 15.8. The van der Waals surface area contributed by atoms with Crippen LogP contribution in [0.4, 0.5) is 15.9 Å². The molecule has 0 fully saturated rings. The summed E-state index contributed by atoms with van der Waals surface area (Å²) in [6.07, 6.45) is 1.47. The maximum absolute atomic E-state index is 13.4. The van der Waals surface area contributed by atoms with Crippen molar-refractivity contribution in [1.29, 1.82) is 0 Å². The number of hydrazine groups is 1. The van der Waals surface area contributed by atoms with Crippen LogP contribution in [0.25, 0.3) is 10.8 Å². The number of anilines is 2. The number of aromatic amines is 1. The van der Waals surface area contributed by atoms with Crippen LogP contribution in [0.2, 0.25) is 0 Å². The number of halogens is 1. The van der Waals surface area contributed by atoms with E-state index in [0.29, 0.717) is 16.5 Å². The van der Waals surface area contributed by atoms with E-state index in [4.69, 9.17) is 0 Å². The van der Waals surface area contributed by atoms with E-state index in [9.17, 15) is 18.8 Å². The fourth-order valence-corrected chi connectivity index (χ4v) is 2.92. The molecule has 2 aromatic carbocycles. The third-order valence-electron chi connectivity index (χ3n) is 4.34. The van der Waals surface area contributed by atoms with Crippen molar-refractivity contribution >= 4 is 34.1 Å². The zero-order chi connectivity index (χ0) is 21.8. The molecule has 4 rings (SSSR count). The molecule has 4 aromatic rings. The predicted octanol–water partition coefficient (Wildman–Crippen LogP) is 2.28. The Morgan fingerprint density at radius 1 is 0.903 bits per heavy atom. The number of nitrogens with zero attached hydrogens (tertiary/aromatic N) is 2. The number of fused-ring (bicyclic) bond motifs is 1. The van der Waals surface area contributed by atoms with E-state index in [-0.39, 0.29) is 17.1 Å². The molecule has 0 unspecified atom stereocenters. The van der Waals surface area contributed by atoms with Gasteiger partial charge in [0.05, 0.1) is 10.9 Å². The van der Waals surface area contributed by atoms with Crippen LogP contribution in [0.5, 0.6) is 0 Å². The van der Waals surface area contributed by atoms with Crippen LogP contribution in [0.1, 0.15) is 20.8 Å². The molecular formula is C21H15FN6O3. The number of hydrogen-bond acceptors (Lipinski definition) is 6. The molecule has 0 spiro atoms. The molecular weight excluding hydrogens is 403 g/mol. The highest BCUT2D eigenvalue weighted by atomic mass is 19.1. The minimum Gasteiger partial charge on any atom is -0.339 e. The first-order chi connectivity index (χ1) is 15.0. The van der Waals surface area contributed by atoms with E-state index >= 15 is 0 Å². The maximum atomic E-state index is 13.4. The predicted molar refractivity (Wildman–Crippen MR) is 111 cm³/mol. The topological polar surface area (TPSA) is 129 Å². The van der Waals surface area contributed by atoms with Gasteiger partial charge in [-0.3, -0.25) is 25.2 Å². The highest BCUT2D eigenvalue weighted by Crippen LogP contribution is 2.19. The van der Waals surface area contributed by atoms with Crippen molar-refractivity contribution in [2.45, 2.75) is 0 Å². The Morgan fingerprint density at radius 2 is 1.68 bits per heavy atom. The molecule has 0 aliphatic rings. The normalized spacial score (nSPS) is 10.5. The van der Waals surface area contributed by atoms with Gasteiger partial charge in [-0.2, -0.15) is 5.10 Å². The van der Waals surface area contributed by atoms with Crippen molar-refractivity contribution in [2.24, 2.45) is 0 Å². The summed E-state index contributed by atoms with van der Waals surface area (Å²) in [6.45, 7) is 0. The molecule has 0 aliphatic heterocycles. The molecule has 0 saturated carbocycles. The number of hydrogen-bond donors (Lipinski definition) is 4. The molecule has 31 heavy (non-hydrogen) atoms. The van der Waals surface area contributed by atoms with Gasteiger partial charge in [0.25, 0.3) is 17.4 Å². The first-order valence-corrected chi connectivity index (χ1v) is 9.08. The van der Waals surface area contributed by atoms with Gasteiger partial charge < -0.3 is 5.32 Å². The van der Waals surface area contributed by atoms with Gasteiger partial charge in [-0.1, -0.05) is 24.3 Å². The van der Waals surface area contributed by atoms with Gasteiger partial charge in [-0.25, -0.2) is 14.5 Å². The minimum absolute atomic E-state index is 0.0557. The summed E-state index contributed by atoms with van der Waals surface area (Å²) in [5, 5.41) is 9.53. The standard InChI is InChI=1S/C21H15FN6O3/c22-12-5-3-6-13(11-12)24-18-16(9-4-10-23-18)20(30)27-28-21(31)17-14-7-1-2-8-15(14)19(29)26-25-17/h1-11H,(H,23,24)(H,26,29)(H,27,30)(H,28,31). The Hall–Kier alpha value is -4.60. The summed E-state index contributed by atoms with van der Waals surface area (Å²) in [4.78, 5) is 41.1. The van der Waals surface area contributed by atoms with Crippen molar-refractivity contribution in [2.75, 3.05) is 5.32 Å². The minimum atomic E-state index is -0.718. The molecule has 2 heterocycles. The van der Waals surface area contributed by atoms with Crippen molar-refractivity contribution in [3.8, 4) is 0 Å². The number of carbonyl (C=O) groups is 2. The molecule has 9 nitrogen and oxygen atoms in total. The number of rotatable bonds is 4. The van der Waals surface area contributed by atoms with Gasteiger partial charge in [0.1, 0.15) is 11.6 Å². The number of pyridine rings is 1. The number of amides is 2. The molecule has 0 saturated heterocycles. The number of H-pyrrole nitrogens is 1. The first kappa shape index (κ1) is 19.7. The van der Waals surface area contributed by atoms with Crippen LogP contribution in [0.3, 0.4) is 0 Å². The smallest absolute Gasteiger partial charge is 0.290 e. The maximum Gasteiger partial charge on any atom is 0.290 e. The quantitative estimate of drug-likeness (QED) is 0.377. The Labute approximate surface area is 174 Å². The summed E-state index contributed by atoms with van der Waals surface area (Å²) >= 11 is 0. The van der Waals surface area contributed by atoms with E-state index in [2.05, 4.69) is 31.3 Å². The van der Waals surface area contributed by atoms with E-state index in [1.165, 1.54) is 30.5 Å². The number of carbonyl (C=O) groups excluding carboxylic acids is 2. The van der Waals surface area contributed by atoms with Crippen LogP contribution >= 0.6 is 0 Å². The van der Waals surface area contributed by atoms with Gasteiger partial charge in [0, 0.05) is 17.3 Å². The van der Waals surface area contributed by atoms with Gasteiger partial charge in [0.2, 0.25) is 0 Å². The van der Waals surface area contributed by atoms with Gasteiger partial charge in [-0.15, -0.1) is 0 Å². The van der Waals surface area contributed by atoms with Crippen LogP contribution in [0, 0.1) is 5.82 Å². The van der Waals surface area contributed by atoms with Crippen molar-refractivity contribution < 1.29 is 14.0 Å². The molecule has 0 aliphatic carbocycles. The number of nitrogens with one attached hydrogen (secondary N) is 4. The third kappa shape index (κ3) is 4.22. The summed E-state index contributed by atoms with van der Waals surface area (Å²) in [6, 6.07) is 15.2. The van der Waals surface area contributed by atoms with Gasteiger partial charge in [-0.05, 0) is 36.4 Å². The van der Waals surface area contributed by atoms with E-state index in [1.807, 2.05) is 0 Å². The summed E-state index contributed by atoms with van der Waals surface area (Å²) in [5.74, 6) is -1.65. The summed E-state index contributed by atoms with van der Waals surface area (Å²) in [7, 11) is 0. The lowest BCUT2D eigenvalue weighted by Crippen LogP contribution is -2.42. The van der Waals surface area contributed by atoms with Gasteiger partial charge in [0.15, 0.2) is 5.69 Å². The second kappa shape index (κ2) is 8.41. The Kier molecular flexibility index (Phi) is 5.35. The molecule has 2 amide bonds. The molecule has 0 atom stereocenters. The fourth-order valence-electron chi connectivity index (χ4n) is 2.92. The monoisotopic (exact) mass is 418 g/mol. The van der Waals surface area contributed by atoms with Crippen LogP contribution in [0.15, 0.2) is 71.7 Å². The highest BCUT2D eigenvalue weighted by molar-refractivity contribution is 6.06. The highest BCUT2D eigenvalue weighted by Gasteiger charge is 2.17. The molecule has 10 heteroatoms. The Balaban J connectivity index is 1.52. The molecule has 0 radical (unpaired) electrons. The Bertz CT molecular complexity index is 1350. The third-order valence-corrected chi connectivity index (χ3v) is 4.34. The lowest BCUT2D eigenvalue weighted by atomic mass is 10.1. The fraction of sp³-hybridized carbons (Fsp3) is 0. The van der Waals surface area contributed by atoms with Crippen LogP contribution in [-0.2, 0) is 0 Å². The Morgan fingerprint density at radius 3 is 2.48 bits per heavy atom. The van der Waals surface area contributed by atoms with Crippen molar-refractivity contribution in [3.05, 3.63) is 94.3 Å². The number of benzene rings is 2. The zero-order valence-electron chi connectivity index (χ0n) is 15.8. The molecule has 0 bridgehead atoms. The average molecular weight is 418 g/mol. The van der Waals surface area contributed by atoms with E-state index < -0.39 is 23.2 Å². The van der Waals surface area contributed by atoms with Crippen LogP contribution < -0.4 is 21.7 Å². The second-order valence-electron chi connectivity index (χ2n) is 6.39. The second-order valence-corrected chi connectivity index (χ2v) is 6.39. The lowest BCUT2D eigenvalue weighted by Gasteiger charge is -2.12. The SMILES string of the molecule is O=C(NNC(=O)c1n[nH]c(=O)c2ccccc12)c1cccnc1Nc1cccc(F)c1. The number of aromatic nitrogens is 3. The first-order valence-electron chi connectivity index (χ1n) is 9.08. The largest absolute Gasteiger partial charge is 0.339 e. The molecule has 4 N–H and O–H groups in total. The molecule has 154 valence electrons. The summed E-state index contributed by atoms with van der Waals surface area (Å²) < 4.78 is 13.4. The summed E-state index contributed by atoms with van der Waals surface area (Å²) in [5.41, 5.74) is 4.59. The molecule has 2 aromatic heterocycles. The van der Waals surface area contributed by atoms with E-state index in [1.54, 1.807) is 36.4 Å². The van der Waals surface area contributed by atoms with Crippen LogP contribution in [-0.4, -0.2) is 27.0 Å². The lowest BCUT2D eigenvalue weighted by molar-refractivity contribution is 0.0844. The average Bonchev–Trinajstić information content (AvgIpc) is 2.78.